The molecule has 0 heterocycles. The van der Waals surface area contributed by atoms with Gasteiger partial charge in [0.25, 0.3) is 0 Å². The fourth-order valence-corrected chi connectivity index (χ4v) is 4.15. The number of hydrogen-bond acceptors (Lipinski definition) is 1. The van der Waals surface area contributed by atoms with E-state index in [-0.39, 0.29) is 38.4 Å². The molecule has 0 radical (unpaired) electrons. The van der Waals surface area contributed by atoms with Crippen molar-refractivity contribution >= 4 is 38.3 Å². The number of aryl methyl sites for hydroxylation is 4. The third-order valence-electron chi connectivity index (χ3n) is 4.27. The fourth-order valence-electron chi connectivity index (χ4n) is 2.81. The van der Waals surface area contributed by atoms with E-state index in [0.717, 1.165) is 22.0 Å². The molecule has 2 aromatic rings. The van der Waals surface area contributed by atoms with E-state index in [9.17, 15) is 4.79 Å². The van der Waals surface area contributed by atoms with Crippen LogP contribution in [0.5, 0.6) is 0 Å². The first-order valence-corrected chi connectivity index (χ1v) is 9.10. The molecular formula is C21H28LiOP. The van der Waals surface area contributed by atoms with E-state index in [2.05, 4.69) is 78.8 Å². The third kappa shape index (κ3) is 4.83. The van der Waals surface area contributed by atoms with Gasteiger partial charge in [0.15, 0.2) is 5.52 Å². The maximum atomic E-state index is 12.9. The minimum atomic E-state index is 0. The van der Waals surface area contributed by atoms with Crippen LogP contribution < -0.4 is 5.30 Å². The summed E-state index contributed by atoms with van der Waals surface area (Å²) in [5, 5.41) is 1.16. The molecule has 0 saturated carbocycles. The van der Waals surface area contributed by atoms with Crippen molar-refractivity contribution in [1.82, 2.24) is 0 Å². The summed E-state index contributed by atoms with van der Waals surface area (Å²) in [6.45, 7) is 14.9. The molecule has 0 fully saturated rings. The van der Waals surface area contributed by atoms with Gasteiger partial charge in [0.1, 0.15) is 0 Å². The second-order valence-corrected chi connectivity index (χ2v) is 8.75. The van der Waals surface area contributed by atoms with Gasteiger partial charge in [-0.1, -0.05) is 56.7 Å². The van der Waals surface area contributed by atoms with E-state index < -0.39 is 0 Å². The average Bonchev–Trinajstić information content (AvgIpc) is 2.41. The van der Waals surface area contributed by atoms with Crippen LogP contribution >= 0.6 is 8.58 Å². The van der Waals surface area contributed by atoms with E-state index >= 15 is 0 Å². The predicted molar refractivity (Wildman–Crippen MR) is 110 cm³/mol. The van der Waals surface area contributed by atoms with Crippen LogP contribution in [0.1, 0.15) is 58.9 Å². The molecule has 0 bridgehead atoms. The number of benzene rings is 2. The molecule has 0 aromatic heterocycles. The Morgan fingerprint density at radius 3 is 1.92 bits per heavy atom. The zero-order valence-corrected chi connectivity index (χ0v) is 16.3. The molecule has 1 nitrogen and oxygen atoms in total. The molecule has 0 aliphatic carbocycles. The van der Waals surface area contributed by atoms with Gasteiger partial charge in [0.05, 0.1) is 0 Å². The van der Waals surface area contributed by atoms with E-state index in [1.807, 2.05) is 0 Å². The van der Waals surface area contributed by atoms with Crippen LogP contribution in [0.15, 0.2) is 30.3 Å². The Labute approximate surface area is 160 Å². The predicted octanol–water partition coefficient (Wildman–Crippen LogP) is 4.71. The van der Waals surface area contributed by atoms with Crippen molar-refractivity contribution in [3.8, 4) is 0 Å². The molecular weight excluding hydrogens is 306 g/mol. The zero-order chi connectivity index (χ0) is 17.4. The topological polar surface area (TPSA) is 17.1 Å². The molecule has 0 saturated heterocycles. The molecule has 24 heavy (non-hydrogen) atoms. The van der Waals surface area contributed by atoms with E-state index in [1.165, 1.54) is 16.7 Å². The monoisotopic (exact) mass is 334 g/mol. The van der Waals surface area contributed by atoms with Crippen molar-refractivity contribution in [1.29, 1.82) is 0 Å². The van der Waals surface area contributed by atoms with Gasteiger partial charge >= 0.3 is 18.9 Å². The molecule has 0 spiro atoms. The Kier molecular flexibility index (Phi) is 7.07. The first-order valence-electron chi connectivity index (χ1n) is 8.10. The van der Waals surface area contributed by atoms with Gasteiger partial charge in [0.2, 0.25) is 0 Å². The van der Waals surface area contributed by atoms with Crippen molar-refractivity contribution in [3.63, 3.8) is 0 Å². The molecule has 0 N–H and O–H groups in total. The van der Waals surface area contributed by atoms with Crippen LogP contribution in [0.4, 0.5) is 0 Å². The Bertz CT molecular complexity index is 734. The van der Waals surface area contributed by atoms with Crippen molar-refractivity contribution in [2.75, 3.05) is 0 Å². The molecule has 1 atom stereocenters. The summed E-state index contributed by atoms with van der Waals surface area (Å²) in [4.78, 5) is 12.9. The van der Waals surface area contributed by atoms with E-state index in [1.54, 1.807) is 0 Å². The van der Waals surface area contributed by atoms with Crippen LogP contribution in [0.2, 0.25) is 0 Å². The first kappa shape index (κ1) is 21.2. The summed E-state index contributed by atoms with van der Waals surface area (Å²) >= 11 is 0. The van der Waals surface area contributed by atoms with Crippen LogP contribution in [-0.2, 0) is 5.41 Å². The number of carbonyl (C=O) groups is 1. The summed E-state index contributed by atoms with van der Waals surface area (Å²) in [6.07, 6.45) is 0. The maximum absolute atomic E-state index is 12.9. The van der Waals surface area contributed by atoms with Crippen LogP contribution in [-0.4, -0.2) is 24.4 Å². The normalized spacial score (nSPS) is 11.6. The molecule has 0 aliphatic heterocycles. The Balaban J connectivity index is 0.00000288. The Hall–Kier alpha value is -0.863. The first-order chi connectivity index (χ1) is 10.6. The second kappa shape index (κ2) is 8.01. The Morgan fingerprint density at radius 2 is 1.42 bits per heavy atom. The quantitative estimate of drug-likeness (QED) is 0.587. The van der Waals surface area contributed by atoms with Crippen molar-refractivity contribution < 1.29 is 4.79 Å². The van der Waals surface area contributed by atoms with Gasteiger partial charge in [-0.2, -0.15) is 0 Å². The summed E-state index contributed by atoms with van der Waals surface area (Å²) in [6, 6.07) is 10.7. The van der Waals surface area contributed by atoms with E-state index in [4.69, 9.17) is 0 Å². The van der Waals surface area contributed by atoms with Gasteiger partial charge in [-0.05, 0) is 69.2 Å². The molecule has 124 valence electrons. The number of rotatable bonds is 3. The summed E-state index contributed by atoms with van der Waals surface area (Å²) < 4.78 is 0. The third-order valence-corrected chi connectivity index (χ3v) is 5.55. The van der Waals surface area contributed by atoms with Crippen molar-refractivity contribution in [3.05, 3.63) is 63.7 Å². The van der Waals surface area contributed by atoms with Crippen LogP contribution in [0.25, 0.3) is 0 Å². The van der Waals surface area contributed by atoms with Crippen LogP contribution in [0.3, 0.4) is 0 Å². The Morgan fingerprint density at radius 1 is 0.875 bits per heavy atom. The standard InChI is InChI=1S/C21H27OP.Li.H/c1-13-8-9-14(2)18(10-13)23-20(22)19-15(3)11-17(12-16(19)4)21(5,6)7;;/h8-12,23H,1-7H3;;. The van der Waals surface area contributed by atoms with Crippen molar-refractivity contribution in [2.24, 2.45) is 0 Å². The molecule has 0 amide bonds. The molecule has 2 rings (SSSR count). The number of hydrogen-bond donors (Lipinski definition) is 0. The summed E-state index contributed by atoms with van der Waals surface area (Å²) in [7, 11) is 0.188. The van der Waals surface area contributed by atoms with Gasteiger partial charge in [0, 0.05) is 5.56 Å². The summed E-state index contributed by atoms with van der Waals surface area (Å²) in [5.74, 6) is 0. The van der Waals surface area contributed by atoms with Gasteiger partial charge in [-0.15, -0.1) is 0 Å². The van der Waals surface area contributed by atoms with E-state index in [0.29, 0.717) is 0 Å². The van der Waals surface area contributed by atoms with Gasteiger partial charge in [-0.25, -0.2) is 0 Å². The average molecular weight is 334 g/mol. The molecule has 2 aromatic carbocycles. The number of carbonyl (C=O) groups excluding carboxylic acids is 1. The molecule has 3 heteroatoms. The minimum absolute atomic E-state index is 0. The molecule has 1 unspecified atom stereocenters. The molecule has 0 aliphatic rings. The zero-order valence-electron chi connectivity index (χ0n) is 15.3. The van der Waals surface area contributed by atoms with Crippen molar-refractivity contribution in [2.45, 2.75) is 53.9 Å². The fraction of sp³-hybridized carbons (Fsp3) is 0.381. The summed E-state index contributed by atoms with van der Waals surface area (Å²) in [5.41, 5.74) is 7.14. The SMILES string of the molecule is Cc1ccc(C)c(PC(=O)c2c(C)cc(C(C)(C)C)cc2C)c1.[LiH]. The van der Waals surface area contributed by atoms with Crippen LogP contribution in [0, 0.1) is 27.7 Å². The van der Waals surface area contributed by atoms with Gasteiger partial charge in [-0.3, -0.25) is 4.79 Å². The van der Waals surface area contributed by atoms with Gasteiger partial charge < -0.3 is 0 Å². The second-order valence-electron chi connectivity index (χ2n) is 7.51.